The van der Waals surface area contributed by atoms with Crippen LogP contribution in [0.3, 0.4) is 0 Å². The fourth-order valence-electron chi connectivity index (χ4n) is 3.23. The molecule has 224 valence electrons. The Hall–Kier alpha value is -3.28. The van der Waals surface area contributed by atoms with Crippen molar-refractivity contribution in [2.24, 2.45) is 0 Å². The Kier molecular flexibility index (Phi) is 10.6. The quantitative estimate of drug-likeness (QED) is 0.364. The van der Waals surface area contributed by atoms with Crippen LogP contribution in [-0.4, -0.2) is 80.5 Å². The Bertz CT molecular complexity index is 1130. The second-order valence-corrected chi connectivity index (χ2v) is 10.6. The van der Waals surface area contributed by atoms with Crippen LogP contribution in [-0.2, 0) is 35.2 Å². The molecule has 1 amide bonds. The highest BCUT2D eigenvalue weighted by atomic mass is 32.2. The molecule has 18 heteroatoms. The molecule has 2 unspecified atom stereocenters. The van der Waals surface area contributed by atoms with Crippen molar-refractivity contribution >= 4 is 41.0 Å². The lowest BCUT2D eigenvalue weighted by Gasteiger charge is -2.38. The van der Waals surface area contributed by atoms with E-state index < -0.39 is 59.1 Å². The van der Waals surface area contributed by atoms with Gasteiger partial charge in [0.1, 0.15) is 5.60 Å². The van der Waals surface area contributed by atoms with Gasteiger partial charge < -0.3 is 19.6 Å². The number of ether oxygens (including phenoxy) is 2. The molecular weight excluding hydrogens is 578 g/mol. The number of carbonyl (C=O) groups excluding carboxylic acids is 4. The average Bonchev–Trinajstić information content (AvgIpc) is 3.21. The normalized spacial score (nSPS) is 19.7. The number of aromatic nitrogens is 2. The fraction of sp³-hybridized carbons (Fsp3) is 0.591. The van der Waals surface area contributed by atoms with Crippen LogP contribution in [0.15, 0.2) is 17.8 Å². The molecule has 0 saturated carbocycles. The summed E-state index contributed by atoms with van der Waals surface area (Å²) < 4.78 is 88.3. The van der Waals surface area contributed by atoms with Crippen LogP contribution in [0.4, 0.5) is 31.1 Å². The third-order valence-electron chi connectivity index (χ3n) is 4.71. The van der Waals surface area contributed by atoms with E-state index in [1.165, 1.54) is 16.9 Å². The molecule has 2 rings (SSSR count). The van der Waals surface area contributed by atoms with Crippen molar-refractivity contribution in [1.82, 2.24) is 20.2 Å². The number of halogens is 6. The molecule has 1 aliphatic heterocycles. The van der Waals surface area contributed by atoms with Crippen molar-refractivity contribution in [2.45, 2.75) is 70.1 Å². The molecule has 2 atom stereocenters. The first-order chi connectivity index (χ1) is 18.3. The molecule has 0 radical (unpaired) electrons. The summed E-state index contributed by atoms with van der Waals surface area (Å²) in [7, 11) is 0. The molecule has 1 aromatic heterocycles. The number of piperidine rings is 1. The molecule has 2 heterocycles. The summed E-state index contributed by atoms with van der Waals surface area (Å²) in [6.45, 7) is 5.78. The highest BCUT2D eigenvalue weighted by molar-refractivity contribution is 8.14. The molecule has 1 aromatic rings. The Balaban J connectivity index is 2.36. The van der Waals surface area contributed by atoms with Gasteiger partial charge in [-0.1, -0.05) is 16.8 Å². The van der Waals surface area contributed by atoms with Gasteiger partial charge in [0.2, 0.25) is 6.23 Å². The maximum atomic E-state index is 13.0. The van der Waals surface area contributed by atoms with Crippen molar-refractivity contribution in [3.8, 4) is 0 Å². The van der Waals surface area contributed by atoms with E-state index in [9.17, 15) is 45.5 Å². The SMILES string of the molecule is CC(=O)SC1CCN(OC(=O)C(F)(F)F)C(OC(=O)C(F)(F)F)/C1=C\c1ccn(CCNC(=O)OC(C)(C)C)n1. The van der Waals surface area contributed by atoms with Crippen molar-refractivity contribution in [3.63, 3.8) is 0 Å². The van der Waals surface area contributed by atoms with E-state index in [2.05, 4.69) is 20.0 Å². The Labute approximate surface area is 228 Å². The van der Waals surface area contributed by atoms with Crippen LogP contribution < -0.4 is 5.32 Å². The minimum Gasteiger partial charge on any atom is -0.444 e. The van der Waals surface area contributed by atoms with Gasteiger partial charge in [0.25, 0.3) is 0 Å². The molecule has 11 nitrogen and oxygen atoms in total. The van der Waals surface area contributed by atoms with Crippen molar-refractivity contribution < 1.29 is 59.8 Å². The zero-order valence-corrected chi connectivity index (χ0v) is 22.4. The van der Waals surface area contributed by atoms with Crippen LogP contribution in [0.1, 0.15) is 39.8 Å². The Morgan fingerprint density at radius 1 is 1.10 bits per heavy atom. The van der Waals surface area contributed by atoms with Gasteiger partial charge in [-0.05, 0) is 39.3 Å². The predicted octanol–water partition coefficient (Wildman–Crippen LogP) is 3.60. The number of hydrogen-bond acceptors (Lipinski definition) is 10. The van der Waals surface area contributed by atoms with E-state index in [-0.39, 0.29) is 35.8 Å². The third kappa shape index (κ3) is 10.4. The standard InChI is InChI=1S/C22H26F6N4O7S/c1-12(33)40-15-6-9-32(39-18(35)22(26,27)28)16(37-17(34)21(23,24)25)14(15)11-13-5-8-31(30-13)10-7-29-19(36)38-20(2,3)4/h5,8,11,15-16H,6-7,9-10H2,1-4H3,(H,29,36)/b14-11-. The zero-order valence-electron chi connectivity index (χ0n) is 21.6. The van der Waals surface area contributed by atoms with E-state index >= 15 is 0 Å². The number of alkyl carbamates (subject to hydrolysis) is 1. The average molecular weight is 605 g/mol. The molecule has 0 spiro atoms. The number of thioether (sulfide) groups is 1. The van der Waals surface area contributed by atoms with Gasteiger partial charge in [-0.15, -0.1) is 0 Å². The number of nitrogens with one attached hydrogen (secondary N) is 1. The molecule has 0 aliphatic carbocycles. The number of carbonyl (C=O) groups is 4. The zero-order chi connectivity index (χ0) is 30.5. The summed E-state index contributed by atoms with van der Waals surface area (Å²) in [5.74, 6) is -5.51. The number of nitrogens with zero attached hydrogens (tertiary/aromatic N) is 3. The van der Waals surface area contributed by atoms with Crippen LogP contribution in [0, 0.1) is 0 Å². The number of hydroxylamine groups is 2. The van der Waals surface area contributed by atoms with E-state index in [1.54, 1.807) is 20.8 Å². The van der Waals surface area contributed by atoms with E-state index in [0.29, 0.717) is 11.8 Å². The van der Waals surface area contributed by atoms with Gasteiger partial charge in [-0.2, -0.15) is 31.4 Å². The summed E-state index contributed by atoms with van der Waals surface area (Å²) in [4.78, 5) is 50.9. The minimum absolute atomic E-state index is 0.0541. The van der Waals surface area contributed by atoms with E-state index in [4.69, 9.17) is 4.74 Å². The van der Waals surface area contributed by atoms with E-state index in [0.717, 1.165) is 13.0 Å². The topological polar surface area (TPSA) is 129 Å². The number of hydrogen-bond donors (Lipinski definition) is 1. The first-order valence-electron chi connectivity index (χ1n) is 11.5. The molecular formula is C22H26F6N4O7S. The number of alkyl halides is 6. The molecule has 1 aliphatic rings. The van der Waals surface area contributed by atoms with Gasteiger partial charge in [0.05, 0.1) is 12.2 Å². The van der Waals surface area contributed by atoms with Gasteiger partial charge >= 0.3 is 30.4 Å². The van der Waals surface area contributed by atoms with Crippen LogP contribution in [0.5, 0.6) is 0 Å². The molecule has 1 N–H and O–H groups in total. The molecule has 0 aromatic carbocycles. The first kappa shape index (κ1) is 32.9. The number of rotatable bonds is 7. The second kappa shape index (κ2) is 12.9. The molecule has 1 fully saturated rings. The summed E-state index contributed by atoms with van der Waals surface area (Å²) in [6.07, 6.45) is -11.6. The Morgan fingerprint density at radius 3 is 2.27 bits per heavy atom. The molecule has 1 saturated heterocycles. The molecule has 0 bridgehead atoms. The van der Waals surface area contributed by atoms with Crippen molar-refractivity contribution in [2.75, 3.05) is 13.1 Å². The van der Waals surface area contributed by atoms with E-state index in [1.807, 2.05) is 0 Å². The lowest BCUT2D eigenvalue weighted by atomic mass is 10.0. The lowest BCUT2D eigenvalue weighted by molar-refractivity contribution is -0.274. The summed E-state index contributed by atoms with van der Waals surface area (Å²) in [5.41, 5.74) is -0.951. The monoisotopic (exact) mass is 604 g/mol. The maximum absolute atomic E-state index is 13.0. The summed E-state index contributed by atoms with van der Waals surface area (Å²) in [6, 6.07) is 1.37. The highest BCUT2D eigenvalue weighted by Gasteiger charge is 2.49. The third-order valence-corrected chi connectivity index (χ3v) is 5.83. The second-order valence-electron chi connectivity index (χ2n) is 9.24. The van der Waals surface area contributed by atoms with Crippen molar-refractivity contribution in [1.29, 1.82) is 0 Å². The predicted molar refractivity (Wildman–Crippen MR) is 126 cm³/mol. The van der Waals surface area contributed by atoms with Gasteiger partial charge in [0.15, 0.2) is 5.12 Å². The van der Waals surface area contributed by atoms with Gasteiger partial charge in [-0.3, -0.25) is 9.48 Å². The Morgan fingerprint density at radius 2 is 1.73 bits per heavy atom. The smallest absolute Gasteiger partial charge is 0.444 e. The maximum Gasteiger partial charge on any atom is 0.492 e. The first-order valence-corrected chi connectivity index (χ1v) is 12.4. The molecule has 40 heavy (non-hydrogen) atoms. The highest BCUT2D eigenvalue weighted by Crippen LogP contribution is 2.36. The van der Waals surface area contributed by atoms with Crippen LogP contribution in [0.2, 0.25) is 0 Å². The van der Waals surface area contributed by atoms with Crippen molar-refractivity contribution in [3.05, 3.63) is 23.5 Å². The van der Waals surface area contributed by atoms with Gasteiger partial charge in [0, 0.05) is 37.0 Å². The lowest BCUT2D eigenvalue weighted by Crippen LogP contribution is -2.51. The minimum atomic E-state index is -5.53. The largest absolute Gasteiger partial charge is 0.492 e. The number of esters is 1. The van der Waals surface area contributed by atoms with Crippen LogP contribution in [0.25, 0.3) is 6.08 Å². The van der Waals surface area contributed by atoms with Crippen LogP contribution >= 0.6 is 11.8 Å². The summed E-state index contributed by atoms with van der Waals surface area (Å²) >= 11 is 0.631. The summed E-state index contributed by atoms with van der Waals surface area (Å²) in [5, 5.41) is 5.36. The number of amides is 1. The fourth-order valence-corrected chi connectivity index (χ4v) is 4.17. The van der Waals surface area contributed by atoms with Gasteiger partial charge in [-0.25, -0.2) is 14.4 Å².